The Labute approximate surface area is 200 Å². The number of ether oxygens (including phenoxy) is 1. The lowest BCUT2D eigenvalue weighted by atomic mass is 9.87. The van der Waals surface area contributed by atoms with Crippen molar-refractivity contribution in [3.63, 3.8) is 0 Å². The third-order valence-corrected chi connectivity index (χ3v) is 7.84. The van der Waals surface area contributed by atoms with E-state index in [2.05, 4.69) is 12.1 Å². The normalized spacial score (nSPS) is 24.4. The van der Waals surface area contributed by atoms with Crippen LogP contribution in [0.3, 0.4) is 0 Å². The molecule has 3 aliphatic rings. The molecule has 5 rings (SSSR count). The lowest BCUT2D eigenvalue weighted by Gasteiger charge is -2.21. The topological polar surface area (TPSA) is 49.9 Å². The second kappa shape index (κ2) is 9.76. The van der Waals surface area contributed by atoms with Crippen molar-refractivity contribution in [1.29, 1.82) is 0 Å². The minimum atomic E-state index is 0.0924. The fourth-order valence-electron chi connectivity index (χ4n) is 5.84. The van der Waals surface area contributed by atoms with Gasteiger partial charge < -0.3 is 14.5 Å². The first-order valence-corrected chi connectivity index (χ1v) is 12.5. The van der Waals surface area contributed by atoms with Crippen LogP contribution in [0, 0.1) is 17.8 Å². The number of likely N-dealkylation sites (tertiary alicyclic amines) is 2. The Hall–Kier alpha value is -2.53. The summed E-state index contributed by atoms with van der Waals surface area (Å²) in [5, 5.41) is 0.774. The lowest BCUT2D eigenvalue weighted by molar-refractivity contribution is -0.128. The number of benzene rings is 2. The maximum Gasteiger partial charge on any atom is 0.254 e. The summed E-state index contributed by atoms with van der Waals surface area (Å²) >= 11 is 6.04. The molecule has 0 bridgehead atoms. The molecule has 0 aromatic heterocycles. The van der Waals surface area contributed by atoms with Gasteiger partial charge in [0.1, 0.15) is 12.4 Å². The van der Waals surface area contributed by atoms with E-state index >= 15 is 0 Å². The first-order valence-electron chi connectivity index (χ1n) is 12.1. The predicted octanol–water partition coefficient (Wildman–Crippen LogP) is 4.68. The number of nitrogens with zero attached hydrogens (tertiary/aromatic N) is 2. The molecule has 2 aromatic carbocycles. The van der Waals surface area contributed by atoms with Crippen LogP contribution < -0.4 is 4.74 Å². The standard InChI is InChI=1S/C27H31ClN2O3/c28-23-10-6-19(7-11-23)15-20-8-9-22-17-30(18-25(20)22)27(32)21-3-1-4-24(16-21)33-14-13-29-12-2-5-26(29)31/h1,3-4,6-7,10-11,16,20,22,25H,2,5,8-9,12-15,17-18H2/t20-,22-,25-/m1/s1. The van der Waals surface area contributed by atoms with Crippen molar-refractivity contribution in [1.82, 2.24) is 9.80 Å². The molecule has 0 spiro atoms. The molecule has 3 fully saturated rings. The number of carbonyl (C=O) groups is 2. The number of amides is 2. The van der Waals surface area contributed by atoms with Crippen molar-refractivity contribution in [2.75, 3.05) is 32.8 Å². The van der Waals surface area contributed by atoms with Crippen molar-refractivity contribution >= 4 is 23.4 Å². The van der Waals surface area contributed by atoms with E-state index in [1.54, 1.807) is 0 Å². The summed E-state index contributed by atoms with van der Waals surface area (Å²) in [7, 11) is 0. The largest absolute Gasteiger partial charge is 0.492 e. The van der Waals surface area contributed by atoms with E-state index in [1.807, 2.05) is 46.2 Å². The number of rotatable bonds is 7. The zero-order valence-electron chi connectivity index (χ0n) is 18.9. The van der Waals surface area contributed by atoms with Crippen LogP contribution in [0.2, 0.25) is 5.02 Å². The van der Waals surface area contributed by atoms with Gasteiger partial charge in [-0.15, -0.1) is 0 Å². The van der Waals surface area contributed by atoms with Crippen molar-refractivity contribution in [3.8, 4) is 5.75 Å². The highest BCUT2D eigenvalue weighted by atomic mass is 35.5. The van der Waals surface area contributed by atoms with E-state index in [4.69, 9.17) is 16.3 Å². The van der Waals surface area contributed by atoms with Crippen LogP contribution >= 0.6 is 11.6 Å². The predicted molar refractivity (Wildman–Crippen MR) is 129 cm³/mol. The van der Waals surface area contributed by atoms with Gasteiger partial charge in [-0.05, 0) is 79.3 Å². The average molecular weight is 467 g/mol. The molecule has 3 atom stereocenters. The van der Waals surface area contributed by atoms with Crippen molar-refractivity contribution in [2.24, 2.45) is 17.8 Å². The van der Waals surface area contributed by atoms with Gasteiger partial charge in [-0.1, -0.05) is 29.8 Å². The molecule has 174 valence electrons. The molecule has 0 unspecified atom stereocenters. The van der Waals surface area contributed by atoms with Gasteiger partial charge in [0.25, 0.3) is 5.91 Å². The Morgan fingerprint density at radius 1 is 1.09 bits per heavy atom. The summed E-state index contributed by atoms with van der Waals surface area (Å²) in [6, 6.07) is 15.6. The van der Waals surface area contributed by atoms with Crippen molar-refractivity contribution in [3.05, 3.63) is 64.7 Å². The Balaban J connectivity index is 1.17. The summed E-state index contributed by atoms with van der Waals surface area (Å²) in [6.07, 6.45) is 5.07. The second-order valence-electron chi connectivity index (χ2n) is 9.66. The lowest BCUT2D eigenvalue weighted by Crippen LogP contribution is -2.30. The molecule has 1 aliphatic carbocycles. The highest BCUT2D eigenvalue weighted by Crippen LogP contribution is 2.44. The summed E-state index contributed by atoms with van der Waals surface area (Å²) in [5.74, 6) is 2.78. The van der Waals surface area contributed by atoms with Crippen LogP contribution in [-0.2, 0) is 11.2 Å². The highest BCUT2D eigenvalue weighted by Gasteiger charge is 2.43. The zero-order chi connectivity index (χ0) is 22.8. The molecule has 2 heterocycles. The minimum absolute atomic E-state index is 0.0924. The minimum Gasteiger partial charge on any atom is -0.492 e. The fourth-order valence-corrected chi connectivity index (χ4v) is 5.96. The third kappa shape index (κ3) is 5.03. The monoisotopic (exact) mass is 466 g/mol. The van der Waals surface area contributed by atoms with E-state index in [0.717, 1.165) is 37.5 Å². The molecular weight excluding hydrogens is 436 g/mol. The summed E-state index contributed by atoms with van der Waals surface area (Å²) in [4.78, 5) is 28.9. The Bertz CT molecular complexity index is 1010. The van der Waals surface area contributed by atoms with E-state index in [9.17, 15) is 9.59 Å². The maximum absolute atomic E-state index is 13.3. The van der Waals surface area contributed by atoms with E-state index in [1.165, 1.54) is 18.4 Å². The molecule has 2 aliphatic heterocycles. The number of hydrogen-bond donors (Lipinski definition) is 0. The quantitative estimate of drug-likeness (QED) is 0.595. The van der Waals surface area contributed by atoms with Gasteiger partial charge in [-0.3, -0.25) is 9.59 Å². The molecule has 0 N–H and O–H groups in total. The van der Waals surface area contributed by atoms with E-state index in [0.29, 0.717) is 48.6 Å². The third-order valence-electron chi connectivity index (χ3n) is 7.59. The van der Waals surface area contributed by atoms with Crippen LogP contribution in [0.4, 0.5) is 0 Å². The van der Waals surface area contributed by atoms with Gasteiger partial charge >= 0.3 is 0 Å². The number of carbonyl (C=O) groups excluding carboxylic acids is 2. The maximum atomic E-state index is 13.3. The van der Waals surface area contributed by atoms with Gasteiger partial charge in [-0.2, -0.15) is 0 Å². The Morgan fingerprint density at radius 3 is 2.73 bits per heavy atom. The van der Waals surface area contributed by atoms with E-state index < -0.39 is 0 Å². The van der Waals surface area contributed by atoms with Crippen LogP contribution in [0.5, 0.6) is 5.75 Å². The smallest absolute Gasteiger partial charge is 0.254 e. The molecule has 33 heavy (non-hydrogen) atoms. The van der Waals surface area contributed by atoms with Gasteiger partial charge in [-0.25, -0.2) is 0 Å². The first kappa shape index (κ1) is 22.3. The Morgan fingerprint density at radius 2 is 1.94 bits per heavy atom. The van der Waals surface area contributed by atoms with Crippen LogP contribution in [0.1, 0.15) is 41.6 Å². The van der Waals surface area contributed by atoms with Gasteiger partial charge in [0.2, 0.25) is 5.91 Å². The molecule has 2 aromatic rings. The molecule has 0 radical (unpaired) electrons. The summed E-state index contributed by atoms with van der Waals surface area (Å²) in [5.41, 5.74) is 2.01. The number of fused-ring (bicyclic) bond motifs is 1. The number of hydrogen-bond acceptors (Lipinski definition) is 3. The zero-order valence-corrected chi connectivity index (χ0v) is 19.7. The molecule has 1 saturated carbocycles. The molecule has 2 amide bonds. The second-order valence-corrected chi connectivity index (χ2v) is 10.1. The van der Waals surface area contributed by atoms with Crippen LogP contribution in [0.15, 0.2) is 48.5 Å². The van der Waals surface area contributed by atoms with Gasteiger partial charge in [0, 0.05) is 36.6 Å². The van der Waals surface area contributed by atoms with Crippen LogP contribution in [0.25, 0.3) is 0 Å². The molecule has 6 heteroatoms. The molecule has 2 saturated heterocycles. The average Bonchev–Trinajstić information content (AvgIpc) is 3.52. The highest BCUT2D eigenvalue weighted by molar-refractivity contribution is 6.30. The first-order chi connectivity index (χ1) is 16.1. The molecule has 5 nitrogen and oxygen atoms in total. The summed E-state index contributed by atoms with van der Waals surface area (Å²) in [6.45, 7) is 3.55. The van der Waals surface area contributed by atoms with Crippen molar-refractivity contribution in [2.45, 2.75) is 32.1 Å². The van der Waals surface area contributed by atoms with Gasteiger partial charge in [0.15, 0.2) is 0 Å². The van der Waals surface area contributed by atoms with E-state index in [-0.39, 0.29) is 11.8 Å². The SMILES string of the molecule is O=C1CCCN1CCOc1cccc(C(=O)N2C[C@H]3CC[C@H](Cc4ccc(Cl)cc4)[C@H]3C2)c1. The van der Waals surface area contributed by atoms with Crippen molar-refractivity contribution < 1.29 is 14.3 Å². The Kier molecular flexibility index (Phi) is 6.59. The fraction of sp³-hybridized carbons (Fsp3) is 0.481. The van der Waals surface area contributed by atoms with Gasteiger partial charge in [0.05, 0.1) is 6.54 Å². The number of halogens is 1. The summed E-state index contributed by atoms with van der Waals surface area (Å²) < 4.78 is 5.86. The van der Waals surface area contributed by atoms with Crippen LogP contribution in [-0.4, -0.2) is 54.4 Å². The molecular formula is C27H31ClN2O3.